The molecule has 0 aliphatic carbocycles. The monoisotopic (exact) mass is 816 g/mol. The van der Waals surface area contributed by atoms with E-state index in [4.69, 9.17) is 14.4 Å². The molecular weight excluding hydrogens is 781 g/mol. The molecule has 0 atom stereocenters. The Hall–Kier alpha value is -8.54. The molecule has 5 nitrogen and oxygen atoms in total. The first-order valence-electron chi connectivity index (χ1n) is 21.8. The van der Waals surface area contributed by atoms with E-state index in [1.807, 2.05) is 18.2 Å². The minimum atomic E-state index is 0.664. The molecule has 0 aliphatic rings. The van der Waals surface area contributed by atoms with E-state index in [2.05, 4.69) is 198 Å². The zero-order valence-electron chi connectivity index (χ0n) is 34.7. The maximum absolute atomic E-state index is 7.02. The zero-order valence-corrected chi connectivity index (χ0v) is 34.7. The Bertz CT molecular complexity index is 4180. The van der Waals surface area contributed by atoms with Crippen LogP contribution in [0.2, 0.25) is 0 Å². The number of aromatic nitrogens is 4. The first-order chi connectivity index (χ1) is 31.7. The van der Waals surface area contributed by atoms with Crippen molar-refractivity contribution in [1.29, 1.82) is 0 Å². The summed E-state index contributed by atoms with van der Waals surface area (Å²) in [5.74, 6) is 0.664. The van der Waals surface area contributed by atoms with E-state index in [1.54, 1.807) is 0 Å². The Morgan fingerprint density at radius 3 is 1.80 bits per heavy atom. The molecule has 0 spiro atoms. The van der Waals surface area contributed by atoms with E-state index >= 15 is 0 Å². The summed E-state index contributed by atoms with van der Waals surface area (Å²) < 4.78 is 11.9. The molecule has 0 saturated carbocycles. The average molecular weight is 817 g/mol. The van der Waals surface area contributed by atoms with Crippen molar-refractivity contribution in [3.63, 3.8) is 0 Å². The SMILES string of the molecule is Cc1c(-c2ccccc2)nc(-c2ccc(-c3ccccc3)cc2)nc1-c1ccc(-n2c3ccccc3c3c4c5cccc6c7ccccc7n(c4ccc32)c65)c2c1oc1ccccc12. The van der Waals surface area contributed by atoms with E-state index in [-0.39, 0.29) is 0 Å². The van der Waals surface area contributed by atoms with Gasteiger partial charge in [-0.3, -0.25) is 0 Å². The number of hydrogen-bond acceptors (Lipinski definition) is 3. The van der Waals surface area contributed by atoms with Gasteiger partial charge < -0.3 is 13.4 Å². The Balaban J connectivity index is 1.04. The van der Waals surface area contributed by atoms with Crippen molar-refractivity contribution in [2.45, 2.75) is 6.92 Å². The van der Waals surface area contributed by atoms with Crippen LogP contribution in [-0.2, 0) is 0 Å². The molecule has 14 aromatic rings. The summed E-state index contributed by atoms with van der Waals surface area (Å²) in [5, 5.41) is 9.68. The fourth-order valence-corrected chi connectivity index (χ4v) is 10.6. The van der Waals surface area contributed by atoms with Gasteiger partial charge in [-0.2, -0.15) is 0 Å². The van der Waals surface area contributed by atoms with Gasteiger partial charge in [0.05, 0.1) is 50.0 Å². The molecule has 0 amide bonds. The van der Waals surface area contributed by atoms with Crippen LogP contribution >= 0.6 is 0 Å². The number of fused-ring (bicyclic) bond motifs is 13. The molecule has 9 aromatic carbocycles. The molecule has 5 heterocycles. The van der Waals surface area contributed by atoms with Gasteiger partial charge in [-0.25, -0.2) is 9.97 Å². The normalized spacial score (nSPS) is 12.1. The van der Waals surface area contributed by atoms with Crippen LogP contribution in [0.3, 0.4) is 0 Å². The summed E-state index contributed by atoms with van der Waals surface area (Å²) in [4.78, 5) is 10.7. The third-order valence-electron chi connectivity index (χ3n) is 13.5. The van der Waals surface area contributed by atoms with Crippen molar-refractivity contribution < 1.29 is 4.42 Å². The van der Waals surface area contributed by atoms with Crippen molar-refractivity contribution in [3.05, 3.63) is 206 Å². The maximum Gasteiger partial charge on any atom is 0.160 e. The highest BCUT2D eigenvalue weighted by molar-refractivity contribution is 6.33. The highest BCUT2D eigenvalue weighted by Gasteiger charge is 2.26. The van der Waals surface area contributed by atoms with Crippen molar-refractivity contribution in [2.24, 2.45) is 0 Å². The fourth-order valence-electron chi connectivity index (χ4n) is 10.6. The lowest BCUT2D eigenvalue weighted by molar-refractivity contribution is 0.669. The van der Waals surface area contributed by atoms with Crippen molar-refractivity contribution in [3.8, 4) is 50.7 Å². The molecule has 14 rings (SSSR count). The van der Waals surface area contributed by atoms with Crippen molar-refractivity contribution >= 4 is 81.8 Å². The van der Waals surface area contributed by atoms with E-state index in [9.17, 15) is 0 Å². The summed E-state index contributed by atoms with van der Waals surface area (Å²) in [5.41, 5.74) is 16.7. The largest absolute Gasteiger partial charge is 0.455 e. The number of benzene rings is 9. The Labute approximate surface area is 367 Å². The topological polar surface area (TPSA) is 48.3 Å². The van der Waals surface area contributed by atoms with E-state index in [1.165, 1.54) is 54.4 Å². The molecule has 5 aromatic heterocycles. The van der Waals surface area contributed by atoms with Crippen LogP contribution < -0.4 is 0 Å². The molecule has 0 N–H and O–H groups in total. The maximum atomic E-state index is 7.02. The molecule has 0 saturated heterocycles. The average Bonchev–Trinajstić information content (AvgIpc) is 4.11. The third kappa shape index (κ3) is 4.83. The Kier molecular flexibility index (Phi) is 7.26. The number of furan rings is 1. The molecule has 0 fully saturated rings. The van der Waals surface area contributed by atoms with Gasteiger partial charge in [-0.05, 0) is 60.5 Å². The first-order valence-corrected chi connectivity index (χ1v) is 21.8. The third-order valence-corrected chi connectivity index (χ3v) is 13.5. The molecule has 0 radical (unpaired) electrons. The predicted octanol–water partition coefficient (Wildman–Crippen LogP) is 15.6. The van der Waals surface area contributed by atoms with Crippen molar-refractivity contribution in [2.75, 3.05) is 0 Å². The van der Waals surface area contributed by atoms with Crippen molar-refractivity contribution in [1.82, 2.24) is 18.9 Å². The molecule has 298 valence electrons. The van der Waals surface area contributed by atoms with Gasteiger partial charge in [0.2, 0.25) is 0 Å². The van der Waals surface area contributed by atoms with Crippen LogP contribution in [0.25, 0.3) is 133 Å². The first kappa shape index (κ1) is 35.1. The zero-order chi connectivity index (χ0) is 42.0. The van der Waals surface area contributed by atoms with E-state index < -0.39 is 0 Å². The lowest BCUT2D eigenvalue weighted by atomic mass is 9.98. The Morgan fingerprint density at radius 2 is 0.984 bits per heavy atom. The molecule has 0 bridgehead atoms. The highest BCUT2D eigenvalue weighted by atomic mass is 16.3. The fraction of sp³-hybridized carbons (Fsp3) is 0.0169. The van der Waals surface area contributed by atoms with Crippen LogP contribution in [0, 0.1) is 6.92 Å². The lowest BCUT2D eigenvalue weighted by Gasteiger charge is -2.16. The summed E-state index contributed by atoms with van der Waals surface area (Å²) >= 11 is 0. The summed E-state index contributed by atoms with van der Waals surface area (Å²) in [6.07, 6.45) is 0. The van der Waals surface area contributed by atoms with Gasteiger partial charge in [0.1, 0.15) is 11.2 Å². The summed E-state index contributed by atoms with van der Waals surface area (Å²) in [6.45, 7) is 2.13. The minimum Gasteiger partial charge on any atom is -0.455 e. The van der Waals surface area contributed by atoms with Crippen LogP contribution in [0.4, 0.5) is 0 Å². The van der Waals surface area contributed by atoms with Crippen LogP contribution in [0.5, 0.6) is 0 Å². The minimum absolute atomic E-state index is 0.664. The number of hydrogen-bond donors (Lipinski definition) is 0. The molecule has 0 aliphatic heterocycles. The molecular formula is C59H36N4O. The van der Waals surface area contributed by atoms with Gasteiger partial charge in [0, 0.05) is 60.0 Å². The highest BCUT2D eigenvalue weighted by Crippen LogP contribution is 2.47. The second kappa shape index (κ2) is 13.2. The summed E-state index contributed by atoms with van der Waals surface area (Å²) in [6, 6.07) is 71.4. The number of rotatable bonds is 5. The summed E-state index contributed by atoms with van der Waals surface area (Å²) in [7, 11) is 0. The van der Waals surface area contributed by atoms with Crippen LogP contribution in [-0.4, -0.2) is 18.9 Å². The Morgan fingerprint density at radius 1 is 0.391 bits per heavy atom. The van der Waals surface area contributed by atoms with Gasteiger partial charge >= 0.3 is 0 Å². The second-order valence-electron chi connectivity index (χ2n) is 16.9. The van der Waals surface area contributed by atoms with Gasteiger partial charge in [-0.15, -0.1) is 0 Å². The van der Waals surface area contributed by atoms with Gasteiger partial charge in [-0.1, -0.05) is 158 Å². The lowest BCUT2D eigenvalue weighted by Crippen LogP contribution is -2.01. The van der Waals surface area contributed by atoms with E-state index in [0.717, 1.165) is 77.9 Å². The molecule has 64 heavy (non-hydrogen) atoms. The predicted molar refractivity (Wildman–Crippen MR) is 265 cm³/mol. The molecule has 0 unspecified atom stereocenters. The standard InChI is InChI=1S/C59H36N4O/c1-35-55(38-17-6-3-7-18-38)60-59(39-29-27-37(28-30-39)36-15-4-2-5-16-36)61-56(35)45-31-32-50(54-43-21-10-13-26-51(43)64-58(45)54)62-47-25-12-9-20-42(47)52-48(62)33-34-49-53(52)44-23-14-22-41-40-19-8-11-24-46(40)63(49)57(41)44/h2-34H,1H3. The van der Waals surface area contributed by atoms with Gasteiger partial charge in [0.15, 0.2) is 5.82 Å². The quantitative estimate of drug-likeness (QED) is 0.174. The van der Waals surface area contributed by atoms with E-state index in [0.29, 0.717) is 5.82 Å². The number of nitrogens with zero attached hydrogens (tertiary/aromatic N) is 4. The van der Waals surface area contributed by atoms with Crippen LogP contribution in [0.1, 0.15) is 5.56 Å². The van der Waals surface area contributed by atoms with Crippen LogP contribution in [0.15, 0.2) is 205 Å². The second-order valence-corrected chi connectivity index (χ2v) is 16.9. The number of para-hydroxylation sites is 4. The van der Waals surface area contributed by atoms with Gasteiger partial charge in [0.25, 0.3) is 0 Å². The smallest absolute Gasteiger partial charge is 0.160 e. The molecule has 5 heteroatoms.